The van der Waals surface area contributed by atoms with E-state index in [1.165, 1.54) is 0 Å². The third kappa shape index (κ3) is 3.75. The molecule has 142 valence electrons. The first-order valence-corrected chi connectivity index (χ1v) is 8.38. The van der Waals surface area contributed by atoms with Gasteiger partial charge in [0.05, 0.1) is 0 Å². The number of benzene rings is 2. The summed E-state index contributed by atoms with van der Waals surface area (Å²) in [5.41, 5.74) is 1.12. The van der Waals surface area contributed by atoms with Gasteiger partial charge in [-0.2, -0.15) is 18.3 Å². The van der Waals surface area contributed by atoms with E-state index < -0.39 is 17.8 Å². The van der Waals surface area contributed by atoms with Crippen molar-refractivity contribution in [2.75, 3.05) is 5.32 Å². The van der Waals surface area contributed by atoms with Gasteiger partial charge in [0.15, 0.2) is 5.69 Å². The van der Waals surface area contributed by atoms with E-state index in [1.807, 2.05) is 30.3 Å². The van der Waals surface area contributed by atoms with Crippen LogP contribution in [0.15, 0.2) is 71.3 Å². The molecule has 1 N–H and O–H groups in total. The van der Waals surface area contributed by atoms with Crippen LogP contribution in [0.2, 0.25) is 0 Å². The van der Waals surface area contributed by atoms with Crippen LogP contribution in [0.1, 0.15) is 5.69 Å². The molecule has 0 aliphatic rings. The molecule has 2 aromatic heterocycles. The average Bonchev–Trinajstić information content (AvgIpc) is 3.28. The Kier molecular flexibility index (Phi) is 4.38. The van der Waals surface area contributed by atoms with E-state index in [2.05, 4.69) is 10.4 Å². The second-order valence-corrected chi connectivity index (χ2v) is 6.17. The number of nitrogens with zero attached hydrogens (tertiary/aromatic N) is 2. The number of fused-ring (bicyclic) bond motifs is 1. The molecule has 2 aromatic carbocycles. The number of amides is 1. The molecule has 0 fully saturated rings. The van der Waals surface area contributed by atoms with Crippen LogP contribution in [0.5, 0.6) is 0 Å². The SMILES string of the molecule is O=C(Cn1ccc(C(F)(F)F)n1)Nc1ccc(-c2cc3ccccc3o2)cc1. The van der Waals surface area contributed by atoms with Gasteiger partial charge in [0.25, 0.3) is 0 Å². The molecule has 28 heavy (non-hydrogen) atoms. The standard InChI is InChI=1S/C20H14F3N3O2/c21-20(22,23)18-9-10-26(25-18)12-19(27)24-15-7-5-13(6-8-15)17-11-14-3-1-2-4-16(14)28-17/h1-11H,12H2,(H,24,27). The number of alkyl halides is 3. The van der Waals surface area contributed by atoms with Gasteiger partial charge in [-0.3, -0.25) is 9.48 Å². The Morgan fingerprint density at radius 1 is 1.07 bits per heavy atom. The maximum absolute atomic E-state index is 12.5. The Morgan fingerprint density at radius 3 is 2.50 bits per heavy atom. The Labute approximate surface area is 157 Å². The summed E-state index contributed by atoms with van der Waals surface area (Å²) in [7, 11) is 0. The van der Waals surface area contributed by atoms with Crippen LogP contribution in [0.4, 0.5) is 18.9 Å². The van der Waals surface area contributed by atoms with E-state index in [-0.39, 0.29) is 6.54 Å². The van der Waals surface area contributed by atoms with Crippen LogP contribution in [0.25, 0.3) is 22.3 Å². The van der Waals surface area contributed by atoms with Gasteiger partial charge in [0.1, 0.15) is 17.9 Å². The fraction of sp³-hybridized carbons (Fsp3) is 0.100. The molecule has 0 radical (unpaired) electrons. The molecule has 8 heteroatoms. The van der Waals surface area contributed by atoms with Gasteiger partial charge in [-0.05, 0) is 42.5 Å². The normalized spacial score (nSPS) is 11.7. The summed E-state index contributed by atoms with van der Waals surface area (Å²) >= 11 is 0. The molecule has 0 saturated heterocycles. The predicted octanol–water partition coefficient (Wildman–Crippen LogP) is 4.95. The number of nitrogens with one attached hydrogen (secondary N) is 1. The zero-order chi connectivity index (χ0) is 19.7. The Balaban J connectivity index is 1.42. The zero-order valence-electron chi connectivity index (χ0n) is 14.4. The number of carbonyl (C=O) groups excluding carboxylic acids is 1. The fourth-order valence-electron chi connectivity index (χ4n) is 2.79. The number of halogens is 3. The Bertz CT molecular complexity index is 1090. The molecule has 0 spiro atoms. The maximum Gasteiger partial charge on any atom is 0.435 e. The molecule has 1 amide bonds. The number of carbonyl (C=O) groups is 1. The van der Waals surface area contributed by atoms with Gasteiger partial charge in [-0.25, -0.2) is 0 Å². The smallest absolute Gasteiger partial charge is 0.435 e. The topological polar surface area (TPSA) is 60.1 Å². The van der Waals surface area contributed by atoms with Crippen molar-refractivity contribution in [3.63, 3.8) is 0 Å². The highest BCUT2D eigenvalue weighted by molar-refractivity contribution is 5.91. The van der Waals surface area contributed by atoms with Crippen molar-refractivity contribution in [3.05, 3.63) is 72.6 Å². The van der Waals surface area contributed by atoms with E-state index >= 15 is 0 Å². The van der Waals surface area contributed by atoms with Gasteiger partial charge >= 0.3 is 6.18 Å². The van der Waals surface area contributed by atoms with E-state index in [0.29, 0.717) is 11.4 Å². The molecule has 4 aromatic rings. The van der Waals surface area contributed by atoms with Gasteiger partial charge in [-0.1, -0.05) is 18.2 Å². The number of aromatic nitrogens is 2. The van der Waals surface area contributed by atoms with Crippen LogP contribution >= 0.6 is 0 Å². The highest BCUT2D eigenvalue weighted by Crippen LogP contribution is 2.29. The first-order chi connectivity index (χ1) is 13.4. The highest BCUT2D eigenvalue weighted by Gasteiger charge is 2.33. The summed E-state index contributed by atoms with van der Waals surface area (Å²) < 4.78 is 44.4. The lowest BCUT2D eigenvalue weighted by Gasteiger charge is -2.06. The third-order valence-corrected chi connectivity index (χ3v) is 4.12. The minimum atomic E-state index is -4.53. The van der Waals surface area contributed by atoms with Crippen molar-refractivity contribution in [2.45, 2.75) is 12.7 Å². The zero-order valence-corrected chi connectivity index (χ0v) is 14.4. The van der Waals surface area contributed by atoms with Crippen molar-refractivity contribution in [2.24, 2.45) is 0 Å². The number of anilines is 1. The minimum absolute atomic E-state index is 0.318. The second kappa shape index (κ2) is 6.88. The lowest BCUT2D eigenvalue weighted by Crippen LogP contribution is -2.19. The van der Waals surface area contributed by atoms with Crippen LogP contribution in [-0.2, 0) is 17.5 Å². The lowest BCUT2D eigenvalue weighted by atomic mass is 10.1. The largest absolute Gasteiger partial charge is 0.456 e. The summed E-state index contributed by atoms with van der Waals surface area (Å²) in [6.45, 7) is -0.318. The molecule has 0 unspecified atom stereocenters. The van der Waals surface area contributed by atoms with Gasteiger partial charge < -0.3 is 9.73 Å². The van der Waals surface area contributed by atoms with Crippen molar-refractivity contribution in [3.8, 4) is 11.3 Å². The van der Waals surface area contributed by atoms with Crippen LogP contribution in [0.3, 0.4) is 0 Å². The average molecular weight is 385 g/mol. The number of hydrogen-bond acceptors (Lipinski definition) is 3. The van der Waals surface area contributed by atoms with E-state index in [4.69, 9.17) is 4.42 Å². The molecule has 0 aliphatic heterocycles. The summed E-state index contributed by atoms with van der Waals surface area (Å²) in [4.78, 5) is 12.0. The maximum atomic E-state index is 12.5. The summed E-state index contributed by atoms with van der Waals surface area (Å²) in [6, 6.07) is 17.4. The van der Waals surface area contributed by atoms with Crippen LogP contribution < -0.4 is 5.32 Å². The van der Waals surface area contributed by atoms with Gasteiger partial charge in [-0.15, -0.1) is 0 Å². The van der Waals surface area contributed by atoms with E-state index in [0.717, 1.165) is 33.5 Å². The molecule has 0 saturated carbocycles. The van der Waals surface area contributed by atoms with Crippen LogP contribution in [0, 0.1) is 0 Å². The quantitative estimate of drug-likeness (QED) is 0.541. The molecule has 4 rings (SSSR count). The number of furan rings is 1. The number of para-hydroxylation sites is 1. The fourth-order valence-corrected chi connectivity index (χ4v) is 2.79. The number of hydrogen-bond donors (Lipinski definition) is 1. The molecule has 0 bridgehead atoms. The minimum Gasteiger partial charge on any atom is -0.456 e. The predicted molar refractivity (Wildman–Crippen MR) is 97.5 cm³/mol. The van der Waals surface area contributed by atoms with Crippen molar-refractivity contribution in [1.29, 1.82) is 0 Å². The Morgan fingerprint density at radius 2 is 1.82 bits per heavy atom. The number of rotatable bonds is 4. The summed E-state index contributed by atoms with van der Waals surface area (Å²) in [5.74, 6) is 0.226. The van der Waals surface area contributed by atoms with Crippen LogP contribution in [-0.4, -0.2) is 15.7 Å². The van der Waals surface area contributed by atoms with Crippen molar-refractivity contribution >= 4 is 22.6 Å². The van der Waals surface area contributed by atoms with Crippen molar-refractivity contribution < 1.29 is 22.4 Å². The first-order valence-electron chi connectivity index (χ1n) is 8.38. The molecule has 0 atom stereocenters. The highest BCUT2D eigenvalue weighted by atomic mass is 19.4. The molecular weight excluding hydrogens is 371 g/mol. The van der Waals surface area contributed by atoms with E-state index in [1.54, 1.807) is 24.3 Å². The monoisotopic (exact) mass is 385 g/mol. The Hall–Kier alpha value is -3.55. The van der Waals surface area contributed by atoms with E-state index in [9.17, 15) is 18.0 Å². The molecule has 2 heterocycles. The molecule has 5 nitrogen and oxygen atoms in total. The van der Waals surface area contributed by atoms with Gasteiger partial charge in [0.2, 0.25) is 5.91 Å². The lowest BCUT2D eigenvalue weighted by molar-refractivity contribution is -0.141. The summed E-state index contributed by atoms with van der Waals surface area (Å²) in [6.07, 6.45) is -3.42. The molecular formula is C20H14F3N3O2. The first kappa shape index (κ1) is 17.8. The van der Waals surface area contributed by atoms with Gasteiger partial charge in [0, 0.05) is 22.8 Å². The second-order valence-electron chi connectivity index (χ2n) is 6.17. The molecule has 0 aliphatic carbocycles. The third-order valence-electron chi connectivity index (χ3n) is 4.12. The van der Waals surface area contributed by atoms with Crippen molar-refractivity contribution in [1.82, 2.24) is 9.78 Å². The summed E-state index contributed by atoms with van der Waals surface area (Å²) in [5, 5.41) is 6.98.